The first-order valence-corrected chi connectivity index (χ1v) is 9.98. The quantitative estimate of drug-likeness (QED) is 0.228. The SMILES string of the molecule is O=c1oc2ccc(Cl)cc2cc1-c1csc(N/N=C/c2c[nH]c3ccccc23)n1. The Labute approximate surface area is 173 Å². The maximum atomic E-state index is 12.3. The van der Waals surface area contributed by atoms with E-state index in [-0.39, 0.29) is 0 Å². The summed E-state index contributed by atoms with van der Waals surface area (Å²) in [5.41, 5.74) is 5.88. The summed E-state index contributed by atoms with van der Waals surface area (Å²) in [5.74, 6) is 0. The van der Waals surface area contributed by atoms with Crippen LogP contribution in [0.3, 0.4) is 0 Å². The average molecular weight is 421 g/mol. The van der Waals surface area contributed by atoms with Gasteiger partial charge in [-0.05, 0) is 30.3 Å². The third-order valence-electron chi connectivity index (χ3n) is 4.46. The largest absolute Gasteiger partial charge is 0.422 e. The van der Waals surface area contributed by atoms with Crippen LogP contribution in [-0.4, -0.2) is 16.2 Å². The summed E-state index contributed by atoms with van der Waals surface area (Å²) >= 11 is 7.39. The van der Waals surface area contributed by atoms with Gasteiger partial charge in [0, 0.05) is 38.5 Å². The van der Waals surface area contributed by atoms with E-state index in [4.69, 9.17) is 16.0 Å². The molecule has 5 aromatic rings. The fourth-order valence-electron chi connectivity index (χ4n) is 3.08. The molecule has 2 N–H and O–H groups in total. The van der Waals surface area contributed by atoms with E-state index < -0.39 is 5.63 Å². The van der Waals surface area contributed by atoms with Crippen LogP contribution < -0.4 is 11.1 Å². The van der Waals surface area contributed by atoms with E-state index in [1.54, 1.807) is 35.9 Å². The molecule has 0 aliphatic heterocycles. The van der Waals surface area contributed by atoms with Gasteiger partial charge in [0.1, 0.15) is 5.58 Å². The van der Waals surface area contributed by atoms with Crippen molar-refractivity contribution < 1.29 is 4.42 Å². The molecule has 0 unspecified atom stereocenters. The fraction of sp³-hybridized carbons (Fsp3) is 0. The molecule has 0 aliphatic rings. The predicted molar refractivity (Wildman–Crippen MR) is 118 cm³/mol. The highest BCUT2D eigenvalue weighted by molar-refractivity contribution is 7.14. The van der Waals surface area contributed by atoms with Gasteiger partial charge in [-0.15, -0.1) is 11.3 Å². The maximum absolute atomic E-state index is 12.3. The molecule has 0 radical (unpaired) electrons. The fourth-order valence-corrected chi connectivity index (χ4v) is 3.92. The van der Waals surface area contributed by atoms with Gasteiger partial charge in [-0.25, -0.2) is 9.78 Å². The van der Waals surface area contributed by atoms with Gasteiger partial charge in [0.2, 0.25) is 5.13 Å². The zero-order valence-electron chi connectivity index (χ0n) is 14.8. The van der Waals surface area contributed by atoms with Gasteiger partial charge >= 0.3 is 5.63 Å². The second-order valence-corrected chi connectivity index (χ2v) is 7.62. The van der Waals surface area contributed by atoms with Crippen molar-refractivity contribution in [2.24, 2.45) is 5.10 Å². The van der Waals surface area contributed by atoms with Crippen molar-refractivity contribution in [2.45, 2.75) is 0 Å². The Hall–Kier alpha value is -3.42. The molecule has 6 nitrogen and oxygen atoms in total. The van der Waals surface area contributed by atoms with Gasteiger partial charge in [0.15, 0.2) is 0 Å². The number of para-hydroxylation sites is 1. The van der Waals surface area contributed by atoms with Crippen molar-refractivity contribution in [3.05, 3.63) is 81.1 Å². The minimum atomic E-state index is -0.445. The molecule has 0 spiro atoms. The van der Waals surface area contributed by atoms with Gasteiger partial charge in [-0.3, -0.25) is 5.43 Å². The number of aromatic nitrogens is 2. The normalized spacial score (nSPS) is 11.6. The van der Waals surface area contributed by atoms with Crippen molar-refractivity contribution in [3.8, 4) is 11.3 Å². The molecule has 0 saturated carbocycles. The first kappa shape index (κ1) is 17.7. The van der Waals surface area contributed by atoms with E-state index in [2.05, 4.69) is 20.5 Å². The topological polar surface area (TPSA) is 83.3 Å². The summed E-state index contributed by atoms with van der Waals surface area (Å²) in [6, 6.07) is 14.8. The van der Waals surface area contributed by atoms with Crippen molar-refractivity contribution in [3.63, 3.8) is 0 Å². The number of aromatic amines is 1. The Morgan fingerprint density at radius 2 is 2.10 bits per heavy atom. The Balaban J connectivity index is 1.40. The highest BCUT2D eigenvalue weighted by Gasteiger charge is 2.12. The lowest BCUT2D eigenvalue weighted by Crippen LogP contribution is -2.03. The van der Waals surface area contributed by atoms with Crippen LogP contribution in [0.4, 0.5) is 5.13 Å². The number of hydrogen-bond donors (Lipinski definition) is 2. The lowest BCUT2D eigenvalue weighted by molar-refractivity contribution is 0.563. The number of H-pyrrole nitrogens is 1. The molecule has 3 heterocycles. The minimum Gasteiger partial charge on any atom is -0.422 e. The van der Waals surface area contributed by atoms with Crippen molar-refractivity contribution in [1.82, 2.24) is 9.97 Å². The zero-order valence-corrected chi connectivity index (χ0v) is 16.4. The first-order chi connectivity index (χ1) is 14.2. The Morgan fingerprint density at radius 3 is 3.03 bits per heavy atom. The van der Waals surface area contributed by atoms with Crippen molar-refractivity contribution in [2.75, 3.05) is 5.43 Å². The van der Waals surface area contributed by atoms with Crippen LogP contribution >= 0.6 is 22.9 Å². The third-order valence-corrected chi connectivity index (χ3v) is 5.44. The second kappa shape index (κ2) is 7.20. The van der Waals surface area contributed by atoms with Crippen LogP contribution in [0.25, 0.3) is 33.1 Å². The van der Waals surface area contributed by atoms with Crippen LogP contribution in [0.2, 0.25) is 5.02 Å². The monoisotopic (exact) mass is 420 g/mol. The van der Waals surface area contributed by atoms with Crippen LogP contribution in [0, 0.1) is 0 Å². The molecular formula is C21H13ClN4O2S. The summed E-state index contributed by atoms with van der Waals surface area (Å²) in [6.07, 6.45) is 3.63. The van der Waals surface area contributed by atoms with Crippen LogP contribution in [0.1, 0.15) is 5.56 Å². The summed E-state index contributed by atoms with van der Waals surface area (Å²) in [4.78, 5) is 20.0. The third kappa shape index (κ3) is 3.41. The van der Waals surface area contributed by atoms with E-state index in [9.17, 15) is 4.79 Å². The van der Waals surface area contributed by atoms with Crippen molar-refractivity contribution >= 4 is 56.2 Å². The highest BCUT2D eigenvalue weighted by Crippen LogP contribution is 2.26. The van der Waals surface area contributed by atoms with Crippen LogP contribution in [-0.2, 0) is 0 Å². The second-order valence-electron chi connectivity index (χ2n) is 6.33. The molecule has 0 amide bonds. The molecular weight excluding hydrogens is 408 g/mol. The Kier molecular flexibility index (Phi) is 4.38. The molecule has 0 bridgehead atoms. The van der Waals surface area contributed by atoms with E-state index in [1.165, 1.54) is 11.3 Å². The van der Waals surface area contributed by atoms with Crippen molar-refractivity contribution in [1.29, 1.82) is 0 Å². The zero-order chi connectivity index (χ0) is 19.8. The van der Waals surface area contributed by atoms with Crippen LogP contribution in [0.15, 0.2) is 74.4 Å². The number of fused-ring (bicyclic) bond motifs is 2. The van der Waals surface area contributed by atoms with Crippen LogP contribution in [0.5, 0.6) is 0 Å². The number of benzene rings is 2. The number of hydrazone groups is 1. The van der Waals surface area contributed by atoms with Gasteiger partial charge in [-0.1, -0.05) is 29.8 Å². The lowest BCUT2D eigenvalue weighted by Gasteiger charge is -2.00. The van der Waals surface area contributed by atoms with Gasteiger partial charge in [0.25, 0.3) is 0 Å². The predicted octanol–water partition coefficient (Wildman–Crippen LogP) is 5.50. The number of nitrogens with zero attached hydrogens (tertiary/aromatic N) is 2. The van der Waals surface area contributed by atoms with E-state index in [1.807, 2.05) is 30.5 Å². The number of anilines is 1. The molecule has 3 aromatic heterocycles. The molecule has 0 fully saturated rings. The number of hydrogen-bond acceptors (Lipinski definition) is 6. The summed E-state index contributed by atoms with van der Waals surface area (Å²) in [7, 11) is 0. The smallest absolute Gasteiger partial charge is 0.345 e. The molecule has 5 rings (SSSR count). The van der Waals surface area contributed by atoms with Gasteiger partial charge in [-0.2, -0.15) is 5.10 Å². The Morgan fingerprint density at radius 1 is 1.21 bits per heavy atom. The minimum absolute atomic E-state index is 0.379. The molecule has 8 heteroatoms. The molecule has 29 heavy (non-hydrogen) atoms. The summed E-state index contributed by atoms with van der Waals surface area (Å²) in [5, 5.41) is 9.02. The maximum Gasteiger partial charge on any atom is 0.345 e. The number of halogens is 1. The highest BCUT2D eigenvalue weighted by atomic mass is 35.5. The number of nitrogens with one attached hydrogen (secondary N) is 2. The summed E-state index contributed by atoms with van der Waals surface area (Å²) in [6.45, 7) is 0. The number of thiazole rings is 1. The first-order valence-electron chi connectivity index (χ1n) is 8.72. The summed E-state index contributed by atoms with van der Waals surface area (Å²) < 4.78 is 5.38. The average Bonchev–Trinajstić information content (AvgIpc) is 3.35. The van der Waals surface area contributed by atoms with Gasteiger partial charge < -0.3 is 9.40 Å². The Bertz CT molecular complexity index is 1430. The molecule has 0 atom stereocenters. The van der Waals surface area contributed by atoms with E-state index in [0.29, 0.717) is 27.0 Å². The molecule has 0 aliphatic carbocycles. The van der Waals surface area contributed by atoms with E-state index in [0.717, 1.165) is 21.9 Å². The molecule has 0 saturated heterocycles. The molecule has 142 valence electrons. The standard InChI is InChI=1S/C21H13ClN4O2S/c22-14-5-6-19-12(7-14)8-16(20(27)28-19)18-11-29-21(25-18)26-24-10-13-9-23-17-4-2-1-3-15(13)17/h1-11,23H,(H,25,26)/b24-10+. The van der Waals surface area contributed by atoms with Gasteiger partial charge in [0.05, 0.1) is 17.5 Å². The molecule has 2 aromatic carbocycles. The van der Waals surface area contributed by atoms with E-state index >= 15 is 0 Å². The lowest BCUT2D eigenvalue weighted by atomic mass is 10.1. The number of rotatable bonds is 4.